The standard InChI is InChI=1S/C9H10N2O2S/c10-4-7-1-2-8(6-14(12)13)9(3-7)5-11/h1-3H,4,6,10H2,(H,12,13)/p-1. The molecule has 0 fully saturated rings. The lowest BCUT2D eigenvalue weighted by Gasteiger charge is -2.07. The Morgan fingerprint density at radius 3 is 2.79 bits per heavy atom. The fourth-order valence-corrected chi connectivity index (χ4v) is 1.61. The maximum absolute atomic E-state index is 10.5. The van der Waals surface area contributed by atoms with Crippen molar-refractivity contribution >= 4 is 11.1 Å². The molecular weight excluding hydrogens is 200 g/mol. The van der Waals surface area contributed by atoms with Gasteiger partial charge in [0.25, 0.3) is 0 Å². The van der Waals surface area contributed by atoms with E-state index in [-0.39, 0.29) is 5.75 Å². The predicted molar refractivity (Wildman–Crippen MR) is 51.7 cm³/mol. The smallest absolute Gasteiger partial charge is 0.0994 e. The van der Waals surface area contributed by atoms with Crippen LogP contribution in [0.4, 0.5) is 0 Å². The fraction of sp³-hybridized carbons (Fsp3) is 0.222. The Bertz CT molecular complexity index is 398. The minimum atomic E-state index is -2.17. The predicted octanol–water partition coefficient (Wildman–Crippen LogP) is 0.396. The van der Waals surface area contributed by atoms with E-state index >= 15 is 0 Å². The molecule has 0 radical (unpaired) electrons. The third-order valence-corrected chi connectivity index (χ3v) is 2.35. The molecular formula is C9H9N2O2S-. The zero-order valence-electron chi connectivity index (χ0n) is 7.40. The third-order valence-electron chi connectivity index (χ3n) is 1.80. The maximum atomic E-state index is 10.5. The molecule has 1 rings (SSSR count). The van der Waals surface area contributed by atoms with Crippen LogP contribution >= 0.6 is 0 Å². The van der Waals surface area contributed by atoms with Gasteiger partial charge in [-0.3, -0.25) is 4.21 Å². The number of nitrogens with two attached hydrogens (primary N) is 1. The van der Waals surface area contributed by atoms with E-state index in [2.05, 4.69) is 0 Å². The zero-order valence-corrected chi connectivity index (χ0v) is 8.21. The monoisotopic (exact) mass is 209 g/mol. The van der Waals surface area contributed by atoms with Crippen LogP contribution in [0.3, 0.4) is 0 Å². The van der Waals surface area contributed by atoms with E-state index in [1.807, 2.05) is 6.07 Å². The molecule has 0 aromatic heterocycles. The van der Waals surface area contributed by atoms with Crippen molar-refractivity contribution in [1.29, 1.82) is 5.26 Å². The molecule has 2 N–H and O–H groups in total. The zero-order chi connectivity index (χ0) is 10.6. The van der Waals surface area contributed by atoms with Gasteiger partial charge >= 0.3 is 0 Å². The van der Waals surface area contributed by atoms with Crippen molar-refractivity contribution in [3.63, 3.8) is 0 Å². The van der Waals surface area contributed by atoms with Gasteiger partial charge in [-0.25, -0.2) is 0 Å². The van der Waals surface area contributed by atoms with Crippen LogP contribution in [0.5, 0.6) is 0 Å². The number of hydrogen-bond acceptors (Lipinski definition) is 4. The second kappa shape index (κ2) is 4.86. The first kappa shape index (κ1) is 10.9. The molecule has 1 aromatic rings. The van der Waals surface area contributed by atoms with Crippen LogP contribution in [0.15, 0.2) is 18.2 Å². The van der Waals surface area contributed by atoms with Gasteiger partial charge in [-0.2, -0.15) is 5.26 Å². The van der Waals surface area contributed by atoms with Gasteiger partial charge in [0.05, 0.1) is 11.6 Å². The van der Waals surface area contributed by atoms with Gasteiger partial charge < -0.3 is 10.3 Å². The van der Waals surface area contributed by atoms with E-state index in [4.69, 9.17) is 11.0 Å². The van der Waals surface area contributed by atoms with Crippen molar-refractivity contribution in [2.45, 2.75) is 12.3 Å². The van der Waals surface area contributed by atoms with E-state index in [1.54, 1.807) is 18.2 Å². The molecule has 0 amide bonds. The molecule has 1 unspecified atom stereocenters. The molecule has 0 spiro atoms. The first-order valence-corrected chi connectivity index (χ1v) is 5.19. The molecule has 0 saturated carbocycles. The summed E-state index contributed by atoms with van der Waals surface area (Å²) in [6.07, 6.45) is 0. The van der Waals surface area contributed by atoms with Crippen molar-refractivity contribution in [2.24, 2.45) is 5.73 Å². The van der Waals surface area contributed by atoms with Crippen molar-refractivity contribution in [3.05, 3.63) is 34.9 Å². The first-order valence-electron chi connectivity index (χ1n) is 3.95. The molecule has 4 nitrogen and oxygen atoms in total. The molecule has 0 heterocycles. The Morgan fingerprint density at radius 1 is 1.57 bits per heavy atom. The summed E-state index contributed by atoms with van der Waals surface area (Å²) < 4.78 is 20.9. The van der Waals surface area contributed by atoms with Crippen LogP contribution in [-0.4, -0.2) is 8.76 Å². The highest BCUT2D eigenvalue weighted by atomic mass is 32.2. The van der Waals surface area contributed by atoms with Gasteiger partial charge in [-0.1, -0.05) is 23.2 Å². The Labute approximate surface area is 84.6 Å². The Kier molecular flexibility index (Phi) is 3.77. The van der Waals surface area contributed by atoms with Crippen LogP contribution in [-0.2, 0) is 23.4 Å². The van der Waals surface area contributed by atoms with Crippen molar-refractivity contribution in [3.8, 4) is 6.07 Å². The summed E-state index contributed by atoms with van der Waals surface area (Å²) in [6.45, 7) is 0.343. The van der Waals surface area contributed by atoms with E-state index in [1.165, 1.54) is 0 Å². The summed E-state index contributed by atoms with van der Waals surface area (Å²) in [5, 5.41) is 8.76. The minimum Gasteiger partial charge on any atom is -0.772 e. The van der Waals surface area contributed by atoms with Crippen LogP contribution < -0.4 is 5.73 Å². The van der Waals surface area contributed by atoms with Gasteiger partial charge in [-0.15, -0.1) is 0 Å². The summed E-state index contributed by atoms with van der Waals surface area (Å²) in [7, 11) is 0. The summed E-state index contributed by atoms with van der Waals surface area (Å²) in [5.41, 5.74) is 7.10. The van der Waals surface area contributed by atoms with Gasteiger partial charge in [0.2, 0.25) is 0 Å². The molecule has 1 atom stereocenters. The largest absolute Gasteiger partial charge is 0.772 e. The van der Waals surface area contributed by atoms with Crippen LogP contribution in [0, 0.1) is 11.3 Å². The second-order valence-corrected chi connectivity index (χ2v) is 3.65. The van der Waals surface area contributed by atoms with E-state index < -0.39 is 11.1 Å². The van der Waals surface area contributed by atoms with E-state index in [0.717, 1.165) is 5.56 Å². The lowest BCUT2D eigenvalue weighted by molar-refractivity contribution is 0.536. The fourth-order valence-electron chi connectivity index (χ4n) is 1.11. The highest BCUT2D eigenvalue weighted by molar-refractivity contribution is 7.78. The molecule has 0 bridgehead atoms. The van der Waals surface area contributed by atoms with Gasteiger partial charge in [0, 0.05) is 12.3 Å². The molecule has 14 heavy (non-hydrogen) atoms. The molecule has 0 saturated heterocycles. The Balaban J connectivity index is 3.07. The number of benzene rings is 1. The lowest BCUT2D eigenvalue weighted by atomic mass is 10.1. The van der Waals surface area contributed by atoms with Gasteiger partial charge in [-0.05, 0) is 17.2 Å². The average molecular weight is 209 g/mol. The molecule has 0 aliphatic rings. The number of nitrogens with zero attached hydrogens (tertiary/aromatic N) is 1. The Morgan fingerprint density at radius 2 is 2.29 bits per heavy atom. The normalized spacial score (nSPS) is 12.1. The summed E-state index contributed by atoms with van der Waals surface area (Å²) >= 11 is -2.17. The SMILES string of the molecule is N#Cc1cc(CN)ccc1CS(=O)[O-]. The van der Waals surface area contributed by atoms with Crippen LogP contribution in [0.2, 0.25) is 0 Å². The maximum Gasteiger partial charge on any atom is 0.0994 e. The quantitative estimate of drug-likeness (QED) is 0.729. The Hall–Kier alpha value is -1.22. The third kappa shape index (κ3) is 2.64. The number of nitriles is 1. The van der Waals surface area contributed by atoms with Gasteiger partial charge in [0.1, 0.15) is 0 Å². The van der Waals surface area contributed by atoms with Crippen molar-refractivity contribution < 1.29 is 8.76 Å². The summed E-state index contributed by atoms with van der Waals surface area (Å²) in [4.78, 5) is 0. The van der Waals surface area contributed by atoms with Crippen LogP contribution in [0.25, 0.3) is 0 Å². The topological polar surface area (TPSA) is 89.9 Å². The summed E-state index contributed by atoms with van der Waals surface area (Å²) in [5.74, 6) is -0.131. The lowest BCUT2D eigenvalue weighted by Crippen LogP contribution is -2.01. The summed E-state index contributed by atoms with van der Waals surface area (Å²) in [6, 6.07) is 6.91. The minimum absolute atomic E-state index is 0.131. The number of hydrogen-bond donors (Lipinski definition) is 1. The molecule has 0 aliphatic heterocycles. The average Bonchev–Trinajstić information content (AvgIpc) is 2.17. The first-order chi connectivity index (χ1) is 6.67. The highest BCUT2D eigenvalue weighted by Gasteiger charge is 2.02. The van der Waals surface area contributed by atoms with Crippen molar-refractivity contribution in [1.82, 2.24) is 0 Å². The highest BCUT2D eigenvalue weighted by Crippen LogP contribution is 2.12. The molecule has 74 valence electrons. The van der Waals surface area contributed by atoms with Gasteiger partial charge in [0.15, 0.2) is 0 Å². The second-order valence-electron chi connectivity index (χ2n) is 2.76. The van der Waals surface area contributed by atoms with E-state index in [0.29, 0.717) is 17.7 Å². The van der Waals surface area contributed by atoms with Crippen LogP contribution in [0.1, 0.15) is 16.7 Å². The molecule has 5 heteroatoms. The molecule has 0 aliphatic carbocycles. The molecule has 1 aromatic carbocycles. The van der Waals surface area contributed by atoms with Crippen molar-refractivity contribution in [2.75, 3.05) is 0 Å². The number of rotatable bonds is 3. The van der Waals surface area contributed by atoms with E-state index in [9.17, 15) is 8.76 Å².